The lowest BCUT2D eigenvalue weighted by Crippen LogP contribution is -2.28. The van der Waals surface area contributed by atoms with Crippen molar-refractivity contribution < 1.29 is 9.59 Å². The number of fused-ring (bicyclic) bond motifs is 1. The molecule has 0 saturated heterocycles. The average molecular weight is 240 g/mol. The van der Waals surface area contributed by atoms with E-state index in [1.807, 2.05) is 0 Å². The van der Waals surface area contributed by atoms with Gasteiger partial charge in [0.2, 0.25) is 0 Å². The van der Waals surface area contributed by atoms with Crippen LogP contribution < -0.4 is 0 Å². The van der Waals surface area contributed by atoms with E-state index >= 15 is 0 Å². The van der Waals surface area contributed by atoms with Gasteiger partial charge in [-0.05, 0) is 13.8 Å². The molecule has 18 heavy (non-hydrogen) atoms. The zero-order valence-corrected chi connectivity index (χ0v) is 10.1. The highest BCUT2D eigenvalue weighted by Gasteiger charge is 2.33. The van der Waals surface area contributed by atoms with Crippen molar-refractivity contribution in [1.82, 2.24) is 0 Å². The van der Waals surface area contributed by atoms with E-state index in [0.29, 0.717) is 11.1 Å². The number of rotatable bonds is 2. The number of benzene rings is 1. The lowest BCUT2D eigenvalue weighted by molar-refractivity contribution is 0.0984. The normalized spacial score (nSPS) is 14.6. The predicted molar refractivity (Wildman–Crippen MR) is 68.9 cm³/mol. The molecule has 0 atom stereocenters. The summed E-state index contributed by atoms with van der Waals surface area (Å²) in [6.07, 6.45) is 0. The van der Waals surface area contributed by atoms with E-state index in [4.69, 9.17) is 10.8 Å². The Hall–Kier alpha value is -2.36. The van der Waals surface area contributed by atoms with Crippen LogP contribution in [0.15, 0.2) is 35.4 Å². The molecule has 0 radical (unpaired) electrons. The number of allylic oxidation sites excluding steroid dienone is 2. The molecule has 0 unspecified atom stereocenters. The summed E-state index contributed by atoms with van der Waals surface area (Å²) in [5.41, 5.74) is 0.759. The van der Waals surface area contributed by atoms with E-state index in [1.165, 1.54) is 13.8 Å². The summed E-state index contributed by atoms with van der Waals surface area (Å²) in [6, 6.07) is 6.52. The molecule has 0 fully saturated rings. The number of Topliss-reactive ketones (excluding diaryl/α,β-unsaturated/α-hetero) is 2. The van der Waals surface area contributed by atoms with Crippen molar-refractivity contribution >= 4 is 23.0 Å². The van der Waals surface area contributed by atoms with Gasteiger partial charge in [-0.3, -0.25) is 9.59 Å². The Labute approximate surface area is 104 Å². The van der Waals surface area contributed by atoms with Crippen molar-refractivity contribution in [2.24, 2.45) is 0 Å². The highest BCUT2D eigenvalue weighted by Crippen LogP contribution is 2.27. The van der Waals surface area contributed by atoms with Gasteiger partial charge in [0, 0.05) is 22.6 Å². The molecule has 4 heteroatoms. The zero-order chi connectivity index (χ0) is 13.4. The van der Waals surface area contributed by atoms with E-state index in [9.17, 15) is 9.59 Å². The molecular formula is C14H12N2O2. The number of carbonyl (C=O) groups is 2. The summed E-state index contributed by atoms with van der Waals surface area (Å²) in [5, 5.41) is 15.3. The second-order valence-electron chi connectivity index (χ2n) is 4.20. The largest absolute Gasteiger partial charge is 0.305 e. The van der Waals surface area contributed by atoms with Gasteiger partial charge in [0.15, 0.2) is 11.6 Å². The minimum absolute atomic E-state index is 0.0180. The highest BCUT2D eigenvalue weighted by molar-refractivity contribution is 6.43. The van der Waals surface area contributed by atoms with E-state index in [-0.39, 0.29) is 34.1 Å². The van der Waals surface area contributed by atoms with Gasteiger partial charge in [0.05, 0.1) is 11.1 Å². The number of ketones is 2. The number of nitrogens with one attached hydrogen (secondary N) is 2. The first-order chi connectivity index (χ1) is 8.45. The molecule has 90 valence electrons. The molecular weight excluding hydrogens is 228 g/mol. The van der Waals surface area contributed by atoms with Crippen LogP contribution in [0, 0.1) is 10.8 Å². The molecule has 0 saturated carbocycles. The van der Waals surface area contributed by atoms with Gasteiger partial charge in [-0.2, -0.15) is 0 Å². The summed E-state index contributed by atoms with van der Waals surface area (Å²) in [5.74, 6) is -0.696. The van der Waals surface area contributed by atoms with E-state index in [2.05, 4.69) is 0 Å². The smallest absolute Gasteiger partial charge is 0.196 e. The standard InChI is InChI=1S/C14H12N2O2/c1-7(15)11-12(8(2)16)14(18)10-6-4-3-5-9(10)13(11)17/h3-6,15-16H,1-2H3. The Balaban J connectivity index is 2.80. The molecule has 0 bridgehead atoms. The molecule has 2 N–H and O–H groups in total. The van der Waals surface area contributed by atoms with Crippen LogP contribution >= 0.6 is 0 Å². The van der Waals surface area contributed by atoms with Gasteiger partial charge in [0.1, 0.15) is 0 Å². The molecule has 1 aromatic rings. The number of hydrogen-bond acceptors (Lipinski definition) is 4. The average Bonchev–Trinajstić information content (AvgIpc) is 2.32. The summed E-state index contributed by atoms with van der Waals surface area (Å²) >= 11 is 0. The van der Waals surface area contributed by atoms with Crippen LogP contribution in [0.1, 0.15) is 34.6 Å². The summed E-state index contributed by atoms with van der Waals surface area (Å²) in [4.78, 5) is 24.5. The van der Waals surface area contributed by atoms with Crippen LogP contribution in [0.2, 0.25) is 0 Å². The maximum atomic E-state index is 12.3. The maximum Gasteiger partial charge on any atom is 0.196 e. The third-order valence-electron chi connectivity index (χ3n) is 2.87. The summed E-state index contributed by atoms with van der Waals surface area (Å²) < 4.78 is 0. The predicted octanol–water partition coefficient (Wildman–Crippen LogP) is 2.44. The number of hydrogen-bond donors (Lipinski definition) is 2. The minimum atomic E-state index is -0.348. The fraction of sp³-hybridized carbons (Fsp3) is 0.143. The Bertz CT molecular complexity index is 584. The van der Waals surface area contributed by atoms with Crippen molar-refractivity contribution in [2.45, 2.75) is 13.8 Å². The molecule has 2 rings (SSSR count). The van der Waals surface area contributed by atoms with Crippen molar-refractivity contribution in [3.8, 4) is 0 Å². The van der Waals surface area contributed by atoms with Gasteiger partial charge in [-0.15, -0.1) is 0 Å². The Morgan fingerprint density at radius 2 is 1.17 bits per heavy atom. The Kier molecular flexibility index (Phi) is 2.79. The lowest BCUT2D eigenvalue weighted by atomic mass is 9.81. The van der Waals surface area contributed by atoms with E-state index < -0.39 is 0 Å². The van der Waals surface area contributed by atoms with Gasteiger partial charge >= 0.3 is 0 Å². The molecule has 1 aromatic carbocycles. The first-order valence-electron chi connectivity index (χ1n) is 5.49. The number of carbonyl (C=O) groups excluding carboxylic acids is 2. The van der Waals surface area contributed by atoms with E-state index in [1.54, 1.807) is 24.3 Å². The third kappa shape index (κ3) is 1.62. The molecule has 0 amide bonds. The van der Waals surface area contributed by atoms with Crippen molar-refractivity contribution in [2.75, 3.05) is 0 Å². The monoisotopic (exact) mass is 240 g/mol. The summed E-state index contributed by atoms with van der Waals surface area (Å²) in [6.45, 7) is 2.91. The Morgan fingerprint density at radius 3 is 1.44 bits per heavy atom. The van der Waals surface area contributed by atoms with Crippen LogP contribution in [0.25, 0.3) is 0 Å². The second kappa shape index (κ2) is 4.14. The first-order valence-corrected chi connectivity index (χ1v) is 5.49. The van der Waals surface area contributed by atoms with Gasteiger partial charge in [0.25, 0.3) is 0 Å². The molecule has 0 spiro atoms. The minimum Gasteiger partial charge on any atom is -0.305 e. The second-order valence-corrected chi connectivity index (χ2v) is 4.20. The fourth-order valence-electron chi connectivity index (χ4n) is 2.09. The van der Waals surface area contributed by atoms with Gasteiger partial charge in [-0.1, -0.05) is 24.3 Å². The molecule has 0 aliphatic heterocycles. The quantitative estimate of drug-likeness (QED) is 0.778. The molecule has 4 nitrogen and oxygen atoms in total. The van der Waals surface area contributed by atoms with Crippen LogP contribution in [-0.2, 0) is 0 Å². The fourth-order valence-corrected chi connectivity index (χ4v) is 2.09. The maximum absolute atomic E-state index is 12.3. The van der Waals surface area contributed by atoms with Gasteiger partial charge < -0.3 is 10.8 Å². The van der Waals surface area contributed by atoms with E-state index in [0.717, 1.165) is 0 Å². The van der Waals surface area contributed by atoms with Crippen LogP contribution in [0.3, 0.4) is 0 Å². The Morgan fingerprint density at radius 1 is 0.833 bits per heavy atom. The molecule has 0 aromatic heterocycles. The van der Waals surface area contributed by atoms with Crippen LogP contribution in [-0.4, -0.2) is 23.0 Å². The highest BCUT2D eigenvalue weighted by atomic mass is 16.1. The molecule has 0 heterocycles. The van der Waals surface area contributed by atoms with Crippen molar-refractivity contribution in [1.29, 1.82) is 10.8 Å². The van der Waals surface area contributed by atoms with Crippen molar-refractivity contribution in [3.63, 3.8) is 0 Å². The molecule has 1 aliphatic rings. The first kappa shape index (κ1) is 12.1. The molecule has 1 aliphatic carbocycles. The zero-order valence-electron chi connectivity index (χ0n) is 10.1. The lowest BCUT2D eigenvalue weighted by Gasteiger charge is -2.19. The van der Waals surface area contributed by atoms with Gasteiger partial charge in [-0.25, -0.2) is 0 Å². The van der Waals surface area contributed by atoms with Crippen molar-refractivity contribution in [3.05, 3.63) is 46.5 Å². The topological polar surface area (TPSA) is 81.8 Å². The summed E-state index contributed by atoms with van der Waals surface area (Å²) in [7, 11) is 0. The third-order valence-corrected chi connectivity index (χ3v) is 2.87. The SMILES string of the molecule is CC(=N)C1=C(C(C)=N)C(=O)c2ccccc2C1=O. The van der Waals surface area contributed by atoms with Crippen LogP contribution in [0.4, 0.5) is 0 Å². The van der Waals surface area contributed by atoms with Crippen LogP contribution in [0.5, 0.6) is 0 Å².